The van der Waals surface area contributed by atoms with Crippen LogP contribution in [0.15, 0.2) is 21.5 Å². The molecule has 1 aromatic heterocycles. The molecule has 3 rings (SSSR count). The topological polar surface area (TPSA) is 62.0 Å². The first-order valence-corrected chi connectivity index (χ1v) is 7.65. The molecule has 1 aromatic rings. The molecule has 0 spiro atoms. The van der Waals surface area contributed by atoms with Gasteiger partial charge in [0, 0.05) is 25.7 Å². The van der Waals surface area contributed by atoms with Gasteiger partial charge in [-0.05, 0) is 26.0 Å². The number of aliphatic imine (C=N–C) groups is 1. The molecule has 3 heterocycles. The molecule has 2 aliphatic heterocycles. The molecular formula is C15H24N4O2. The van der Waals surface area contributed by atoms with Gasteiger partial charge in [0.15, 0.2) is 5.96 Å². The lowest BCUT2D eigenvalue weighted by Crippen LogP contribution is -2.46. The number of guanidine groups is 1. The van der Waals surface area contributed by atoms with Crippen molar-refractivity contribution in [2.45, 2.75) is 25.9 Å². The van der Waals surface area contributed by atoms with Crippen LogP contribution in [0, 0.1) is 6.92 Å². The molecule has 0 aromatic carbocycles. The quantitative estimate of drug-likeness (QED) is 0.863. The number of nitrogens with zero attached hydrogens (tertiary/aromatic N) is 2. The largest absolute Gasteiger partial charge is 0.465 e. The van der Waals surface area contributed by atoms with Crippen LogP contribution in [0.1, 0.15) is 24.5 Å². The number of nitrogens with one attached hydrogen (secondary N) is 2. The van der Waals surface area contributed by atoms with Crippen LogP contribution in [0.25, 0.3) is 0 Å². The molecule has 1 fully saturated rings. The van der Waals surface area contributed by atoms with E-state index in [9.17, 15) is 0 Å². The van der Waals surface area contributed by atoms with Crippen LogP contribution in [-0.4, -0.2) is 56.3 Å². The lowest BCUT2D eigenvalue weighted by molar-refractivity contribution is 0.0124. The number of morpholine rings is 1. The molecule has 0 aliphatic carbocycles. The Kier molecular flexibility index (Phi) is 4.45. The highest BCUT2D eigenvalue weighted by molar-refractivity contribution is 5.81. The minimum atomic E-state index is 0.211. The number of furan rings is 1. The van der Waals surface area contributed by atoms with Gasteiger partial charge in [-0.1, -0.05) is 0 Å². The molecule has 6 nitrogen and oxygen atoms in total. The van der Waals surface area contributed by atoms with Crippen LogP contribution < -0.4 is 10.6 Å². The maximum atomic E-state index is 5.85. The van der Waals surface area contributed by atoms with Gasteiger partial charge in [-0.3, -0.25) is 9.89 Å². The minimum Gasteiger partial charge on any atom is -0.465 e. The van der Waals surface area contributed by atoms with Crippen molar-refractivity contribution in [3.8, 4) is 0 Å². The molecule has 0 amide bonds. The summed E-state index contributed by atoms with van der Waals surface area (Å²) in [6.45, 7) is 9.17. The number of hydrogen-bond acceptors (Lipinski definition) is 6. The fraction of sp³-hybridized carbons (Fsp3) is 0.667. The molecule has 2 N–H and O–H groups in total. The van der Waals surface area contributed by atoms with E-state index >= 15 is 0 Å². The Hall–Kier alpha value is -1.53. The average Bonchev–Trinajstić information content (AvgIpc) is 3.09. The lowest BCUT2D eigenvalue weighted by atomic mass is 10.1. The van der Waals surface area contributed by atoms with Crippen LogP contribution in [0.3, 0.4) is 0 Å². The fourth-order valence-corrected chi connectivity index (χ4v) is 2.78. The molecule has 1 saturated heterocycles. The zero-order valence-corrected chi connectivity index (χ0v) is 12.8. The van der Waals surface area contributed by atoms with E-state index in [1.807, 2.05) is 13.0 Å². The first-order valence-electron chi connectivity index (χ1n) is 7.65. The summed E-state index contributed by atoms with van der Waals surface area (Å²) in [5, 5.41) is 6.75. The summed E-state index contributed by atoms with van der Waals surface area (Å²) in [4.78, 5) is 6.86. The van der Waals surface area contributed by atoms with E-state index in [2.05, 4.69) is 33.5 Å². The van der Waals surface area contributed by atoms with Crippen molar-refractivity contribution >= 4 is 5.96 Å². The Morgan fingerprint density at radius 3 is 2.86 bits per heavy atom. The molecule has 0 radical (unpaired) electrons. The third-order valence-electron chi connectivity index (χ3n) is 3.95. The van der Waals surface area contributed by atoms with E-state index in [0.717, 1.165) is 56.9 Å². The van der Waals surface area contributed by atoms with E-state index in [4.69, 9.17) is 9.15 Å². The van der Waals surface area contributed by atoms with E-state index < -0.39 is 0 Å². The molecule has 6 heteroatoms. The summed E-state index contributed by atoms with van der Waals surface area (Å²) in [6, 6.07) is 4.73. The molecule has 2 unspecified atom stereocenters. The highest BCUT2D eigenvalue weighted by atomic mass is 16.5. The first kappa shape index (κ1) is 14.4. The maximum absolute atomic E-state index is 5.85. The third kappa shape index (κ3) is 3.57. The Morgan fingerprint density at radius 2 is 2.24 bits per heavy atom. The predicted molar refractivity (Wildman–Crippen MR) is 81.5 cm³/mol. The van der Waals surface area contributed by atoms with Gasteiger partial charge >= 0.3 is 0 Å². The van der Waals surface area contributed by atoms with Crippen LogP contribution >= 0.6 is 0 Å². The first-order chi connectivity index (χ1) is 10.2. The summed E-state index contributed by atoms with van der Waals surface area (Å²) >= 11 is 0. The normalized spacial score (nSPS) is 24.5. The highest BCUT2D eigenvalue weighted by Gasteiger charge is 2.26. The van der Waals surface area contributed by atoms with Gasteiger partial charge < -0.3 is 19.8 Å². The van der Waals surface area contributed by atoms with E-state index in [1.54, 1.807) is 0 Å². The number of hydrogen-bond donors (Lipinski definition) is 2. The smallest absolute Gasteiger partial charge is 0.191 e. The van der Waals surface area contributed by atoms with Gasteiger partial charge in [-0.15, -0.1) is 0 Å². The van der Waals surface area contributed by atoms with Crippen molar-refractivity contribution in [2.24, 2.45) is 4.99 Å². The number of aryl methyl sites for hydroxylation is 1. The molecule has 116 valence electrons. The molecule has 2 aliphatic rings. The van der Waals surface area contributed by atoms with Crippen molar-refractivity contribution in [1.29, 1.82) is 0 Å². The van der Waals surface area contributed by atoms with Gasteiger partial charge in [-0.25, -0.2) is 0 Å². The summed E-state index contributed by atoms with van der Waals surface area (Å²) in [6.07, 6.45) is 0. The van der Waals surface area contributed by atoms with E-state index in [1.165, 1.54) is 0 Å². The van der Waals surface area contributed by atoms with Gasteiger partial charge in [-0.2, -0.15) is 0 Å². The fourth-order valence-electron chi connectivity index (χ4n) is 2.78. The van der Waals surface area contributed by atoms with Crippen LogP contribution in [-0.2, 0) is 4.74 Å². The third-order valence-corrected chi connectivity index (χ3v) is 3.95. The van der Waals surface area contributed by atoms with Crippen LogP contribution in [0.2, 0.25) is 0 Å². The molecule has 21 heavy (non-hydrogen) atoms. The monoisotopic (exact) mass is 292 g/mol. The van der Waals surface area contributed by atoms with E-state index in [0.29, 0.717) is 6.04 Å². The number of rotatable bonds is 4. The Balaban J connectivity index is 1.66. The van der Waals surface area contributed by atoms with Crippen molar-refractivity contribution in [1.82, 2.24) is 15.5 Å². The second-order valence-corrected chi connectivity index (χ2v) is 5.73. The molecule has 2 atom stereocenters. The van der Waals surface area contributed by atoms with Crippen molar-refractivity contribution in [3.63, 3.8) is 0 Å². The summed E-state index contributed by atoms with van der Waals surface area (Å²) in [5.74, 6) is 2.85. The SMILES string of the molecule is Cc1ccc(C(CNC2=NCC(C)N2)N2CCOCC2)o1. The van der Waals surface area contributed by atoms with Crippen molar-refractivity contribution in [2.75, 3.05) is 39.4 Å². The maximum Gasteiger partial charge on any atom is 0.191 e. The minimum absolute atomic E-state index is 0.211. The molecule has 0 saturated carbocycles. The average molecular weight is 292 g/mol. The van der Waals surface area contributed by atoms with Crippen LogP contribution in [0.4, 0.5) is 0 Å². The summed E-state index contributed by atoms with van der Waals surface area (Å²) < 4.78 is 11.3. The number of ether oxygens (including phenoxy) is 1. The zero-order chi connectivity index (χ0) is 14.7. The van der Waals surface area contributed by atoms with Crippen LogP contribution in [0.5, 0.6) is 0 Å². The van der Waals surface area contributed by atoms with Gasteiger partial charge in [0.25, 0.3) is 0 Å². The van der Waals surface area contributed by atoms with Gasteiger partial charge in [0.2, 0.25) is 0 Å². The Bertz CT molecular complexity index is 494. The van der Waals surface area contributed by atoms with Crippen molar-refractivity contribution < 1.29 is 9.15 Å². The molecule has 0 bridgehead atoms. The second kappa shape index (κ2) is 6.49. The second-order valence-electron chi connectivity index (χ2n) is 5.73. The standard InChI is InChI=1S/C15H24N4O2/c1-11-9-16-15(18-11)17-10-13(14-4-3-12(2)21-14)19-5-7-20-8-6-19/h3-4,11,13H,5-10H2,1-2H3,(H2,16,17,18). The van der Waals surface area contributed by atoms with E-state index in [-0.39, 0.29) is 6.04 Å². The Morgan fingerprint density at radius 1 is 1.43 bits per heavy atom. The van der Waals surface area contributed by atoms with Gasteiger partial charge in [0.05, 0.1) is 25.8 Å². The van der Waals surface area contributed by atoms with Gasteiger partial charge in [0.1, 0.15) is 11.5 Å². The lowest BCUT2D eigenvalue weighted by Gasteiger charge is -2.33. The summed E-state index contributed by atoms with van der Waals surface area (Å²) in [5.41, 5.74) is 0. The highest BCUT2D eigenvalue weighted by Crippen LogP contribution is 2.23. The zero-order valence-electron chi connectivity index (χ0n) is 12.8. The van der Waals surface area contributed by atoms with Crippen molar-refractivity contribution in [3.05, 3.63) is 23.7 Å². The summed E-state index contributed by atoms with van der Waals surface area (Å²) in [7, 11) is 0. The Labute approximate surface area is 125 Å². The predicted octanol–water partition coefficient (Wildman–Crippen LogP) is 0.899. The molecular weight excluding hydrogens is 268 g/mol.